The number of nitrogens with two attached hydrogens (primary N) is 1. The first-order chi connectivity index (χ1) is 29.2. The third-order valence-corrected chi connectivity index (χ3v) is 7.30. The Bertz CT molecular complexity index is 1690. The van der Waals surface area contributed by atoms with Crippen molar-refractivity contribution in [3.63, 3.8) is 0 Å². The lowest BCUT2D eigenvalue weighted by Gasteiger charge is -2.19. The second kappa shape index (κ2) is 34.9. The van der Waals surface area contributed by atoms with E-state index in [0.717, 1.165) is 11.1 Å². The molecule has 0 radical (unpaired) electrons. The summed E-state index contributed by atoms with van der Waals surface area (Å²) in [6.07, 6.45) is 2.07. The molecule has 0 bridgehead atoms. The number of aldehydes is 1. The summed E-state index contributed by atoms with van der Waals surface area (Å²) in [5.74, 6) is 4.67. The number of rotatable bonds is 22. The van der Waals surface area contributed by atoms with Gasteiger partial charge in [0, 0.05) is 78.2 Å². The largest absolute Gasteiger partial charge is 0.496 e. The van der Waals surface area contributed by atoms with Gasteiger partial charge >= 0.3 is 17.9 Å². The number of carbonyl (C=O) groups is 4. The van der Waals surface area contributed by atoms with E-state index in [-0.39, 0.29) is 22.8 Å². The maximum absolute atomic E-state index is 10.8. The summed E-state index contributed by atoms with van der Waals surface area (Å²) in [4.78, 5) is 42.2. The van der Waals surface area contributed by atoms with Gasteiger partial charge in [-0.15, -0.1) is 11.6 Å². The molecule has 0 fully saturated rings. The lowest BCUT2D eigenvalue weighted by Crippen LogP contribution is -2.15. The molecule has 3 atom stereocenters. The molecular formula is C35H53ClN3O19P3. The van der Waals surface area contributed by atoms with Crippen molar-refractivity contribution in [3.8, 4) is 51.7 Å². The minimum absolute atomic E-state index is 0.248. The first-order valence-electron chi connectivity index (χ1n) is 16.5. The van der Waals surface area contributed by atoms with E-state index in [1.807, 2.05) is 9.47 Å². The second-order valence-electron chi connectivity index (χ2n) is 10.5. The van der Waals surface area contributed by atoms with E-state index in [1.54, 1.807) is 36.4 Å². The van der Waals surface area contributed by atoms with Gasteiger partial charge < -0.3 is 58.0 Å². The molecular weight excluding hydrogens is 895 g/mol. The number of carboxylic acids is 3. The fourth-order valence-corrected chi connectivity index (χ4v) is 4.50. The third kappa shape index (κ3) is 23.2. The molecule has 0 heterocycles. The fraction of sp³-hybridized carbons (Fsp3) is 0.371. The number of nitrogens with zero attached hydrogens (tertiary/aromatic N) is 1. The van der Waals surface area contributed by atoms with E-state index in [2.05, 4.69) is 46.5 Å². The average Bonchev–Trinajstić information content (AvgIpc) is 3.26. The van der Waals surface area contributed by atoms with Crippen LogP contribution in [0, 0.1) is 0 Å². The van der Waals surface area contributed by atoms with E-state index >= 15 is 0 Å². The summed E-state index contributed by atoms with van der Waals surface area (Å²) in [6, 6.07) is 9.25. The van der Waals surface area contributed by atoms with Crippen LogP contribution < -0.4 is 54.0 Å². The summed E-state index contributed by atoms with van der Waals surface area (Å²) in [5.41, 5.74) is 4.40. The minimum Gasteiger partial charge on any atom is -0.496 e. The number of methoxy groups -OCH3 is 6. The van der Waals surface area contributed by atoms with Crippen LogP contribution in [0.4, 0.5) is 0 Å². The van der Waals surface area contributed by atoms with Crippen molar-refractivity contribution in [1.82, 2.24) is 10.5 Å². The number of ether oxygens (including phenoxy) is 9. The quantitative estimate of drug-likeness (QED) is 0.0414. The Morgan fingerprint density at radius 2 is 0.934 bits per heavy atom. The summed E-state index contributed by atoms with van der Waals surface area (Å²) < 4.78 is 59.6. The molecule has 3 rings (SSSR count). The van der Waals surface area contributed by atoms with E-state index in [9.17, 15) is 19.2 Å². The van der Waals surface area contributed by atoms with E-state index < -0.39 is 37.7 Å². The average molecular weight is 948 g/mol. The smallest absolute Gasteiger partial charge is 0.341 e. The topological polar surface area (TPSA) is 281 Å². The number of aliphatic carboxylic acids is 3. The van der Waals surface area contributed by atoms with E-state index in [0.29, 0.717) is 53.9 Å². The molecule has 0 spiro atoms. The zero-order chi connectivity index (χ0) is 46.9. The van der Waals surface area contributed by atoms with Gasteiger partial charge in [0.2, 0.25) is 0 Å². The molecule has 61 heavy (non-hydrogen) atoms. The van der Waals surface area contributed by atoms with Crippen LogP contribution in [0.2, 0.25) is 0 Å². The Kier molecular flexibility index (Phi) is 33.4. The van der Waals surface area contributed by atoms with Crippen LogP contribution in [0.15, 0.2) is 36.4 Å². The normalized spacial score (nSPS) is 9.61. The molecule has 26 heteroatoms. The van der Waals surface area contributed by atoms with Crippen molar-refractivity contribution < 1.29 is 91.0 Å². The van der Waals surface area contributed by atoms with Gasteiger partial charge in [0.1, 0.15) is 51.7 Å². The highest BCUT2D eigenvalue weighted by Crippen LogP contribution is 2.36. The van der Waals surface area contributed by atoms with Gasteiger partial charge in [-0.3, -0.25) is 18.7 Å². The molecule has 0 aromatic heterocycles. The fourth-order valence-electron chi connectivity index (χ4n) is 4.34. The van der Waals surface area contributed by atoms with Crippen LogP contribution >= 0.6 is 40.0 Å². The molecule has 0 saturated carbocycles. The Hall–Kier alpha value is -4.72. The van der Waals surface area contributed by atoms with Gasteiger partial charge in [0.15, 0.2) is 26.1 Å². The van der Waals surface area contributed by atoms with Crippen molar-refractivity contribution in [2.24, 2.45) is 5.90 Å². The molecule has 3 aromatic carbocycles. The molecule has 6 N–H and O–H groups in total. The van der Waals surface area contributed by atoms with E-state index in [1.165, 1.54) is 61.2 Å². The highest BCUT2D eigenvalue weighted by Gasteiger charge is 2.17. The predicted molar refractivity (Wildman–Crippen MR) is 230 cm³/mol. The predicted octanol–water partition coefficient (Wildman–Crippen LogP) is 3.80. The molecule has 0 saturated heterocycles. The molecule has 0 amide bonds. The molecule has 3 aromatic rings. The van der Waals surface area contributed by atoms with Crippen molar-refractivity contribution in [2.75, 3.05) is 75.9 Å². The number of alkyl halides is 1. The van der Waals surface area contributed by atoms with Gasteiger partial charge in [-0.2, -0.15) is 10.5 Å². The summed E-state index contributed by atoms with van der Waals surface area (Å²) in [6.45, 7) is -0.560. The molecule has 22 nitrogen and oxygen atoms in total. The molecule has 344 valence electrons. The Balaban J connectivity index is 0. The number of hydrogen-bond acceptors (Lipinski definition) is 19. The van der Waals surface area contributed by atoms with Crippen molar-refractivity contribution in [1.29, 1.82) is 0 Å². The number of hydroxylamine groups is 3. The first-order valence-corrected chi connectivity index (χ1v) is 18.7. The summed E-state index contributed by atoms with van der Waals surface area (Å²) in [5, 5.41) is 27.3. The van der Waals surface area contributed by atoms with Crippen LogP contribution in [0.1, 0.15) is 21.5 Å². The van der Waals surface area contributed by atoms with Gasteiger partial charge in [0.05, 0.1) is 72.4 Å². The molecule has 3 unspecified atom stereocenters. The molecule has 0 aliphatic carbocycles. The van der Waals surface area contributed by atoms with Crippen molar-refractivity contribution in [2.45, 2.75) is 13.1 Å². The summed E-state index contributed by atoms with van der Waals surface area (Å²) in [7, 11) is 16.6. The lowest BCUT2D eigenvalue weighted by molar-refractivity contribution is -0.140. The maximum atomic E-state index is 10.8. The van der Waals surface area contributed by atoms with Crippen molar-refractivity contribution in [3.05, 3.63) is 53.1 Å². The maximum Gasteiger partial charge on any atom is 0.341 e. The number of benzene rings is 3. The van der Waals surface area contributed by atoms with Gasteiger partial charge in [-0.1, -0.05) is 0 Å². The van der Waals surface area contributed by atoms with Crippen LogP contribution in [0.25, 0.3) is 0 Å². The van der Waals surface area contributed by atoms with Gasteiger partial charge in [-0.05, 0) is 0 Å². The van der Waals surface area contributed by atoms with Crippen LogP contribution in [-0.4, -0.2) is 120 Å². The van der Waals surface area contributed by atoms with E-state index in [4.69, 9.17) is 67.2 Å². The van der Waals surface area contributed by atoms with Crippen LogP contribution in [-0.2, 0) is 41.3 Å². The van der Waals surface area contributed by atoms with Crippen LogP contribution in [0.5, 0.6) is 51.7 Å². The monoisotopic (exact) mass is 947 g/mol. The number of carbonyl (C=O) groups excluding carboxylic acids is 1. The third-order valence-electron chi connectivity index (χ3n) is 6.78. The van der Waals surface area contributed by atoms with Crippen LogP contribution in [0.3, 0.4) is 0 Å². The highest BCUT2D eigenvalue weighted by molar-refractivity contribution is 7.10. The standard InChI is InChI=1S/C12H18NO6P.C11H16NO6P.C11H12O6.CH3Cl.H4NOP/c1-13(19-20)6-9-10(16-2)4-8(5-11(9)17-3)18-7-12(14)15;1-15-9-3-7(17-6-11(13)14)4-10(16-2)8(9)5-12-18-19;1-15-9-3-7(17-6-11(13)14)4-10(16-2)8(9)5-12;1-2;1-2-3/h4-5H,6-7,20H2,1-3H3,(H,14,15);3-4,12H,5-6,19H2,1-2H3,(H,13,14);3-5H,6H2,1-2H3,(H,13,14);1H3;1,3H2. The highest BCUT2D eigenvalue weighted by atomic mass is 35.5. The number of nitrogens with one attached hydrogen (secondary N) is 1. The SMILES string of the molecule is CCl.COc1cc(OCC(=O)O)cc(OC)c1C=O.COc1cc(OCC(=O)O)cc(OC)c1CN(C)OP.COc1cc(OCC(=O)O)cc(OC)c1CNOP.NOP. The zero-order valence-corrected chi connectivity index (χ0v) is 38.8. The molecule has 0 aliphatic heterocycles. The number of carboxylic acid groups (broad SMARTS) is 3. The Morgan fingerprint density at radius 1 is 0.639 bits per heavy atom. The molecule has 0 aliphatic rings. The number of halogens is 1. The Morgan fingerprint density at radius 3 is 1.18 bits per heavy atom. The Labute approximate surface area is 364 Å². The van der Waals surface area contributed by atoms with Gasteiger partial charge in [0.25, 0.3) is 0 Å². The lowest BCUT2D eigenvalue weighted by atomic mass is 10.1. The summed E-state index contributed by atoms with van der Waals surface area (Å²) >= 11 is 4.64. The minimum atomic E-state index is -1.10. The van der Waals surface area contributed by atoms with Crippen molar-refractivity contribution >= 4 is 64.2 Å². The second-order valence-corrected chi connectivity index (χ2v) is 11.2. The van der Waals surface area contributed by atoms with Gasteiger partial charge in [-0.25, -0.2) is 20.3 Å². The zero-order valence-electron chi connectivity index (χ0n) is 34.6. The number of hydrogen-bond donors (Lipinski definition) is 5. The first kappa shape index (κ1) is 58.4.